The van der Waals surface area contributed by atoms with Gasteiger partial charge in [0.25, 0.3) is 0 Å². The Balaban J connectivity index is 1.72. The number of nitrogens with zero attached hydrogens (tertiary/aromatic N) is 2. The molecule has 19 heavy (non-hydrogen) atoms. The molecule has 0 radical (unpaired) electrons. The van der Waals surface area contributed by atoms with Gasteiger partial charge in [0.1, 0.15) is 0 Å². The highest BCUT2D eigenvalue weighted by atomic mass is 16.1. The van der Waals surface area contributed by atoms with E-state index < -0.39 is 0 Å². The summed E-state index contributed by atoms with van der Waals surface area (Å²) in [6, 6.07) is 9.79. The van der Waals surface area contributed by atoms with Crippen molar-refractivity contribution in [2.45, 2.75) is 31.7 Å². The van der Waals surface area contributed by atoms with Gasteiger partial charge in [0.2, 0.25) is 5.91 Å². The molecule has 0 unspecified atom stereocenters. The van der Waals surface area contributed by atoms with E-state index in [-0.39, 0.29) is 5.91 Å². The van der Waals surface area contributed by atoms with Crippen molar-refractivity contribution in [2.24, 2.45) is 0 Å². The number of nitriles is 1. The minimum Gasteiger partial charge on any atom is -0.326 e. The number of anilines is 1. The SMILES string of the molecule is CN(CCCC(=O)Nc1cccc(C#N)c1)C1CC1. The van der Waals surface area contributed by atoms with Crippen LogP contribution in [0.15, 0.2) is 24.3 Å². The normalized spacial score (nSPS) is 14.2. The quantitative estimate of drug-likeness (QED) is 0.851. The molecule has 100 valence electrons. The first kappa shape index (κ1) is 13.6. The average molecular weight is 257 g/mol. The minimum atomic E-state index is 0.0132. The number of amides is 1. The van der Waals surface area contributed by atoms with Gasteiger partial charge < -0.3 is 10.2 Å². The molecule has 1 aromatic carbocycles. The molecule has 1 aromatic rings. The molecule has 0 spiro atoms. The second kappa shape index (κ2) is 6.35. The van der Waals surface area contributed by atoms with E-state index in [1.54, 1.807) is 24.3 Å². The summed E-state index contributed by atoms with van der Waals surface area (Å²) in [6.07, 6.45) is 3.98. The third kappa shape index (κ3) is 4.38. The Morgan fingerprint density at radius 2 is 2.32 bits per heavy atom. The smallest absolute Gasteiger partial charge is 0.224 e. The lowest BCUT2D eigenvalue weighted by Crippen LogP contribution is -2.23. The summed E-state index contributed by atoms with van der Waals surface area (Å²) >= 11 is 0. The predicted molar refractivity (Wildman–Crippen MR) is 74.7 cm³/mol. The Bertz CT molecular complexity index is 488. The molecule has 1 aliphatic carbocycles. The van der Waals surface area contributed by atoms with Crippen LogP contribution in [0.25, 0.3) is 0 Å². The standard InChI is InChI=1S/C15H19N3O/c1-18(14-7-8-14)9-3-6-15(19)17-13-5-2-4-12(10-13)11-16/h2,4-5,10,14H,3,6-9H2,1H3,(H,17,19). The van der Waals surface area contributed by atoms with Crippen LogP contribution in [0.4, 0.5) is 5.69 Å². The third-order valence-corrected chi connectivity index (χ3v) is 3.36. The monoisotopic (exact) mass is 257 g/mol. The lowest BCUT2D eigenvalue weighted by Gasteiger charge is -2.14. The van der Waals surface area contributed by atoms with E-state index in [4.69, 9.17) is 5.26 Å². The van der Waals surface area contributed by atoms with Gasteiger partial charge in [0.05, 0.1) is 11.6 Å². The highest BCUT2D eigenvalue weighted by molar-refractivity contribution is 5.90. The molecule has 0 bridgehead atoms. The number of hydrogen-bond donors (Lipinski definition) is 1. The zero-order chi connectivity index (χ0) is 13.7. The molecule has 0 aromatic heterocycles. The molecule has 1 N–H and O–H groups in total. The largest absolute Gasteiger partial charge is 0.326 e. The zero-order valence-corrected chi connectivity index (χ0v) is 11.2. The van der Waals surface area contributed by atoms with Gasteiger partial charge in [-0.25, -0.2) is 0 Å². The van der Waals surface area contributed by atoms with Crippen LogP contribution >= 0.6 is 0 Å². The number of hydrogen-bond acceptors (Lipinski definition) is 3. The topological polar surface area (TPSA) is 56.1 Å². The minimum absolute atomic E-state index is 0.0132. The van der Waals surface area contributed by atoms with Crippen molar-refractivity contribution < 1.29 is 4.79 Å². The first-order valence-corrected chi connectivity index (χ1v) is 6.69. The molecule has 4 nitrogen and oxygen atoms in total. The summed E-state index contributed by atoms with van der Waals surface area (Å²) in [5.41, 5.74) is 1.26. The summed E-state index contributed by atoms with van der Waals surface area (Å²) in [5.74, 6) is 0.0132. The maximum absolute atomic E-state index is 11.8. The van der Waals surface area contributed by atoms with Gasteiger partial charge in [-0.2, -0.15) is 5.26 Å². The lowest BCUT2D eigenvalue weighted by atomic mass is 10.2. The highest BCUT2D eigenvalue weighted by Gasteiger charge is 2.25. The molecule has 0 atom stereocenters. The van der Waals surface area contributed by atoms with Crippen LogP contribution < -0.4 is 5.32 Å². The summed E-state index contributed by atoms with van der Waals surface area (Å²) in [7, 11) is 2.12. The predicted octanol–water partition coefficient (Wildman–Crippen LogP) is 2.37. The van der Waals surface area contributed by atoms with E-state index in [0.717, 1.165) is 19.0 Å². The maximum Gasteiger partial charge on any atom is 0.224 e. The van der Waals surface area contributed by atoms with Crippen molar-refractivity contribution in [3.63, 3.8) is 0 Å². The van der Waals surface area contributed by atoms with E-state index in [0.29, 0.717) is 17.7 Å². The van der Waals surface area contributed by atoms with Crippen molar-refractivity contribution in [3.8, 4) is 6.07 Å². The second-order valence-corrected chi connectivity index (χ2v) is 5.06. The molecule has 4 heteroatoms. The van der Waals surface area contributed by atoms with E-state index in [1.807, 2.05) is 0 Å². The van der Waals surface area contributed by atoms with Crippen molar-refractivity contribution >= 4 is 11.6 Å². The van der Waals surface area contributed by atoms with E-state index in [1.165, 1.54) is 12.8 Å². The van der Waals surface area contributed by atoms with Crippen molar-refractivity contribution in [2.75, 3.05) is 18.9 Å². The second-order valence-electron chi connectivity index (χ2n) is 5.06. The Morgan fingerprint density at radius 3 is 3.00 bits per heavy atom. The fourth-order valence-electron chi connectivity index (χ4n) is 2.08. The van der Waals surface area contributed by atoms with Crippen molar-refractivity contribution in [1.29, 1.82) is 5.26 Å². The number of carbonyl (C=O) groups excluding carboxylic acids is 1. The van der Waals surface area contributed by atoms with Gasteiger partial charge in [-0.05, 0) is 51.1 Å². The molecule has 1 aliphatic rings. The molecule has 0 aliphatic heterocycles. The lowest BCUT2D eigenvalue weighted by molar-refractivity contribution is -0.116. The molecular formula is C15H19N3O. The molecule has 1 fully saturated rings. The van der Waals surface area contributed by atoms with Crippen molar-refractivity contribution in [1.82, 2.24) is 4.90 Å². The fourth-order valence-corrected chi connectivity index (χ4v) is 2.08. The van der Waals surface area contributed by atoms with Gasteiger partial charge in [0, 0.05) is 18.2 Å². The number of benzene rings is 1. The average Bonchev–Trinajstić information content (AvgIpc) is 3.23. The van der Waals surface area contributed by atoms with Crippen LogP contribution in [0.3, 0.4) is 0 Å². The highest BCUT2D eigenvalue weighted by Crippen LogP contribution is 2.25. The van der Waals surface area contributed by atoms with Crippen LogP contribution in [-0.4, -0.2) is 30.4 Å². The van der Waals surface area contributed by atoms with Crippen LogP contribution in [0, 0.1) is 11.3 Å². The molecular weight excluding hydrogens is 238 g/mol. The first-order valence-electron chi connectivity index (χ1n) is 6.69. The van der Waals surface area contributed by atoms with E-state index in [2.05, 4.69) is 23.3 Å². The van der Waals surface area contributed by atoms with Gasteiger partial charge in [-0.1, -0.05) is 6.07 Å². The Labute approximate surface area is 114 Å². The van der Waals surface area contributed by atoms with Crippen molar-refractivity contribution in [3.05, 3.63) is 29.8 Å². The summed E-state index contributed by atoms with van der Waals surface area (Å²) in [4.78, 5) is 14.1. The zero-order valence-electron chi connectivity index (χ0n) is 11.2. The molecule has 0 heterocycles. The van der Waals surface area contributed by atoms with Crippen LogP contribution in [0.2, 0.25) is 0 Å². The van der Waals surface area contributed by atoms with E-state index in [9.17, 15) is 4.79 Å². The van der Waals surface area contributed by atoms with Gasteiger partial charge >= 0.3 is 0 Å². The van der Waals surface area contributed by atoms with Crippen LogP contribution in [0.5, 0.6) is 0 Å². The summed E-state index contributed by atoms with van der Waals surface area (Å²) in [6.45, 7) is 0.969. The van der Waals surface area contributed by atoms with Gasteiger partial charge in [-0.3, -0.25) is 4.79 Å². The van der Waals surface area contributed by atoms with E-state index >= 15 is 0 Å². The summed E-state index contributed by atoms with van der Waals surface area (Å²) in [5, 5.41) is 11.6. The molecule has 1 amide bonds. The Kier molecular flexibility index (Phi) is 4.53. The Morgan fingerprint density at radius 1 is 1.53 bits per heavy atom. The first-order chi connectivity index (χ1) is 9.19. The van der Waals surface area contributed by atoms with Gasteiger partial charge in [0.15, 0.2) is 0 Å². The molecule has 0 saturated heterocycles. The fraction of sp³-hybridized carbons (Fsp3) is 0.467. The molecule has 1 saturated carbocycles. The number of carbonyl (C=O) groups is 1. The molecule has 2 rings (SSSR count). The van der Waals surface area contributed by atoms with Crippen LogP contribution in [-0.2, 0) is 4.79 Å². The Hall–Kier alpha value is -1.86. The third-order valence-electron chi connectivity index (χ3n) is 3.36. The van der Waals surface area contributed by atoms with Gasteiger partial charge in [-0.15, -0.1) is 0 Å². The number of nitrogens with one attached hydrogen (secondary N) is 1. The maximum atomic E-state index is 11.8. The summed E-state index contributed by atoms with van der Waals surface area (Å²) < 4.78 is 0. The van der Waals surface area contributed by atoms with Crippen LogP contribution in [0.1, 0.15) is 31.2 Å². The number of rotatable bonds is 6.